The summed E-state index contributed by atoms with van der Waals surface area (Å²) in [6.07, 6.45) is 0.697. The van der Waals surface area contributed by atoms with Crippen molar-refractivity contribution in [1.82, 2.24) is 0 Å². The second-order valence-corrected chi connectivity index (χ2v) is 4.63. The van der Waals surface area contributed by atoms with E-state index in [1.165, 1.54) is 0 Å². The van der Waals surface area contributed by atoms with Gasteiger partial charge >= 0.3 is 5.97 Å². The van der Waals surface area contributed by atoms with E-state index in [0.717, 1.165) is 17.5 Å². The molecule has 0 saturated carbocycles. The third-order valence-corrected chi connectivity index (χ3v) is 3.09. The maximum atomic E-state index is 11.8. The molecule has 104 valence electrons. The van der Waals surface area contributed by atoms with Gasteiger partial charge in [0.15, 0.2) is 0 Å². The van der Waals surface area contributed by atoms with Crippen LogP contribution in [-0.2, 0) is 9.78 Å². The van der Waals surface area contributed by atoms with Gasteiger partial charge in [0.05, 0.1) is 5.56 Å². The van der Waals surface area contributed by atoms with Crippen molar-refractivity contribution < 1.29 is 14.6 Å². The van der Waals surface area contributed by atoms with Crippen molar-refractivity contribution in [3.8, 4) is 11.1 Å². The number of carbonyl (C=O) groups is 1. The molecule has 0 aliphatic rings. The molecule has 0 aliphatic carbocycles. The maximum absolute atomic E-state index is 11.8. The molecule has 2 rings (SSSR count). The molecule has 1 atom stereocenters. The molecule has 0 spiro atoms. The molecule has 20 heavy (non-hydrogen) atoms. The molecule has 3 nitrogen and oxygen atoms in total. The van der Waals surface area contributed by atoms with Crippen LogP contribution in [0, 0.1) is 0 Å². The lowest BCUT2D eigenvalue weighted by molar-refractivity contribution is -0.270. The summed E-state index contributed by atoms with van der Waals surface area (Å²) in [4.78, 5) is 21.5. The van der Waals surface area contributed by atoms with Crippen LogP contribution in [0.4, 0.5) is 0 Å². The van der Waals surface area contributed by atoms with Gasteiger partial charge in [-0.2, -0.15) is 4.89 Å². The topological polar surface area (TPSA) is 35.5 Å². The first-order valence-electron chi connectivity index (χ1n) is 6.74. The minimum atomic E-state index is -0.468. The highest BCUT2D eigenvalue weighted by molar-refractivity contribution is 5.89. The van der Waals surface area contributed by atoms with E-state index in [2.05, 4.69) is 0 Å². The predicted octanol–water partition coefficient (Wildman–Crippen LogP) is 4.24. The van der Waals surface area contributed by atoms with E-state index in [-0.39, 0.29) is 6.10 Å². The second kappa shape index (κ2) is 6.87. The van der Waals surface area contributed by atoms with Crippen LogP contribution in [0.3, 0.4) is 0 Å². The van der Waals surface area contributed by atoms with E-state index >= 15 is 0 Å². The predicted molar refractivity (Wildman–Crippen MR) is 78.1 cm³/mol. The van der Waals surface area contributed by atoms with E-state index in [9.17, 15) is 4.79 Å². The van der Waals surface area contributed by atoms with Gasteiger partial charge in [0.2, 0.25) is 0 Å². The lowest BCUT2D eigenvalue weighted by Gasteiger charge is -2.09. The first-order chi connectivity index (χ1) is 9.70. The summed E-state index contributed by atoms with van der Waals surface area (Å²) in [5, 5.41) is 0. The molecule has 0 fully saturated rings. The molecule has 0 N–H and O–H groups in total. The molecule has 0 amide bonds. The molecule has 2 aromatic carbocycles. The summed E-state index contributed by atoms with van der Waals surface area (Å²) < 4.78 is 0. The van der Waals surface area contributed by atoms with Crippen LogP contribution < -0.4 is 0 Å². The normalized spacial score (nSPS) is 11.9. The van der Waals surface area contributed by atoms with Gasteiger partial charge in [-0.15, -0.1) is 0 Å². The number of carbonyl (C=O) groups excluding carboxylic acids is 1. The van der Waals surface area contributed by atoms with Crippen LogP contribution in [0.5, 0.6) is 0 Å². The molecule has 2 aromatic rings. The fourth-order valence-electron chi connectivity index (χ4n) is 1.67. The molecule has 1 unspecified atom stereocenters. The van der Waals surface area contributed by atoms with E-state index in [4.69, 9.17) is 9.78 Å². The van der Waals surface area contributed by atoms with Crippen molar-refractivity contribution in [3.63, 3.8) is 0 Å². The SMILES string of the molecule is CCC(C)OOC(=O)c1ccc(-c2ccccc2)cc1. The first-order valence-corrected chi connectivity index (χ1v) is 6.74. The third kappa shape index (κ3) is 3.68. The minimum Gasteiger partial charge on any atom is -0.293 e. The van der Waals surface area contributed by atoms with E-state index in [1.807, 2.05) is 56.3 Å². The number of hydrogen-bond acceptors (Lipinski definition) is 3. The summed E-state index contributed by atoms with van der Waals surface area (Å²) in [7, 11) is 0. The second-order valence-electron chi connectivity index (χ2n) is 4.63. The van der Waals surface area contributed by atoms with Crippen molar-refractivity contribution in [2.24, 2.45) is 0 Å². The van der Waals surface area contributed by atoms with Crippen molar-refractivity contribution in [2.45, 2.75) is 26.4 Å². The molecule has 0 heterocycles. The molecule has 0 aliphatic heterocycles. The molecule has 0 aromatic heterocycles. The number of hydrogen-bond donors (Lipinski definition) is 0. The first kappa shape index (κ1) is 14.3. The monoisotopic (exact) mass is 270 g/mol. The Hall–Kier alpha value is -2.13. The Morgan fingerprint density at radius 2 is 1.60 bits per heavy atom. The molecule has 0 radical (unpaired) electrons. The Morgan fingerprint density at radius 3 is 2.20 bits per heavy atom. The zero-order chi connectivity index (χ0) is 14.4. The quantitative estimate of drug-likeness (QED) is 0.602. The van der Waals surface area contributed by atoms with Crippen molar-refractivity contribution in [3.05, 3.63) is 60.2 Å². The van der Waals surface area contributed by atoms with Crippen LogP contribution in [0.15, 0.2) is 54.6 Å². The van der Waals surface area contributed by atoms with E-state index in [0.29, 0.717) is 5.56 Å². The van der Waals surface area contributed by atoms with Gasteiger partial charge in [-0.1, -0.05) is 49.4 Å². The largest absolute Gasteiger partial charge is 0.373 e. The molecule has 0 bridgehead atoms. The van der Waals surface area contributed by atoms with Crippen LogP contribution in [0.25, 0.3) is 11.1 Å². The van der Waals surface area contributed by atoms with Gasteiger partial charge < -0.3 is 0 Å². The Labute approximate surface area is 119 Å². The highest BCUT2D eigenvalue weighted by Gasteiger charge is 2.10. The van der Waals surface area contributed by atoms with Gasteiger partial charge in [-0.05, 0) is 36.6 Å². The van der Waals surface area contributed by atoms with Crippen LogP contribution in [0.2, 0.25) is 0 Å². The van der Waals surface area contributed by atoms with Crippen LogP contribution in [0.1, 0.15) is 30.6 Å². The Balaban J connectivity index is 2.03. The summed E-state index contributed by atoms with van der Waals surface area (Å²) >= 11 is 0. The van der Waals surface area contributed by atoms with Crippen molar-refractivity contribution in [2.75, 3.05) is 0 Å². The fraction of sp³-hybridized carbons (Fsp3) is 0.235. The highest BCUT2D eigenvalue weighted by atomic mass is 17.2. The molecular formula is C17H18O3. The lowest BCUT2D eigenvalue weighted by atomic mass is 10.0. The summed E-state index contributed by atoms with van der Waals surface area (Å²) in [5.74, 6) is -0.468. The molecule has 3 heteroatoms. The number of benzene rings is 2. The molecule has 0 saturated heterocycles. The third-order valence-electron chi connectivity index (χ3n) is 3.09. The average Bonchev–Trinajstić information content (AvgIpc) is 2.53. The number of rotatable bonds is 5. The van der Waals surface area contributed by atoms with Crippen molar-refractivity contribution >= 4 is 5.97 Å². The van der Waals surface area contributed by atoms with Gasteiger partial charge in [0, 0.05) is 0 Å². The van der Waals surface area contributed by atoms with Gasteiger partial charge in [0.25, 0.3) is 0 Å². The van der Waals surface area contributed by atoms with E-state index in [1.54, 1.807) is 12.1 Å². The van der Waals surface area contributed by atoms with Gasteiger partial charge in [-0.3, -0.25) is 4.89 Å². The highest BCUT2D eigenvalue weighted by Crippen LogP contribution is 2.19. The summed E-state index contributed by atoms with van der Waals surface area (Å²) in [6.45, 7) is 3.82. The standard InChI is InChI=1S/C17H18O3/c1-3-13(2)19-20-17(18)16-11-9-15(10-12-16)14-7-5-4-6-8-14/h4-13H,3H2,1-2H3. The minimum absolute atomic E-state index is 0.0949. The Kier molecular flexibility index (Phi) is 4.91. The summed E-state index contributed by atoms with van der Waals surface area (Å²) in [5.41, 5.74) is 2.65. The maximum Gasteiger partial charge on any atom is 0.373 e. The smallest absolute Gasteiger partial charge is 0.293 e. The van der Waals surface area contributed by atoms with E-state index < -0.39 is 5.97 Å². The fourth-order valence-corrected chi connectivity index (χ4v) is 1.67. The van der Waals surface area contributed by atoms with Crippen molar-refractivity contribution in [1.29, 1.82) is 0 Å². The summed E-state index contributed by atoms with van der Waals surface area (Å²) in [6, 6.07) is 17.3. The molecular weight excluding hydrogens is 252 g/mol. The zero-order valence-corrected chi connectivity index (χ0v) is 11.7. The van der Waals surface area contributed by atoms with Gasteiger partial charge in [-0.25, -0.2) is 4.79 Å². The van der Waals surface area contributed by atoms with Gasteiger partial charge in [0.1, 0.15) is 6.10 Å². The van der Waals surface area contributed by atoms with Crippen LogP contribution >= 0.6 is 0 Å². The Bertz CT molecular complexity index is 546. The lowest BCUT2D eigenvalue weighted by Crippen LogP contribution is -2.12. The Morgan fingerprint density at radius 1 is 1.00 bits per heavy atom. The van der Waals surface area contributed by atoms with Crippen LogP contribution in [-0.4, -0.2) is 12.1 Å². The average molecular weight is 270 g/mol. The zero-order valence-electron chi connectivity index (χ0n) is 11.7.